The highest BCUT2D eigenvalue weighted by molar-refractivity contribution is 6.34. The van der Waals surface area contributed by atoms with Gasteiger partial charge in [0.2, 0.25) is 5.91 Å². The van der Waals surface area contributed by atoms with Crippen molar-refractivity contribution in [3.05, 3.63) is 52.0 Å². The Labute approximate surface area is 179 Å². The quantitative estimate of drug-likeness (QED) is 0.720. The number of hydrogen-bond donors (Lipinski definition) is 2. The predicted molar refractivity (Wildman–Crippen MR) is 113 cm³/mol. The van der Waals surface area contributed by atoms with Gasteiger partial charge in [-0.1, -0.05) is 37.0 Å². The molecule has 1 atom stereocenters. The smallest absolute Gasteiger partial charge is 0.251 e. The maximum absolute atomic E-state index is 12.9. The largest absolute Gasteiger partial charge is 0.490 e. The molecular formula is C21H22Cl2N2O4. The van der Waals surface area contributed by atoms with Crippen LogP contribution in [-0.2, 0) is 4.79 Å². The first-order valence-corrected chi connectivity index (χ1v) is 10.1. The molecule has 0 bridgehead atoms. The van der Waals surface area contributed by atoms with Crippen molar-refractivity contribution in [3.8, 4) is 11.5 Å². The number of fused-ring (bicyclic) bond motifs is 1. The molecule has 0 aromatic heterocycles. The fourth-order valence-corrected chi connectivity index (χ4v) is 3.18. The third kappa shape index (κ3) is 5.34. The lowest BCUT2D eigenvalue weighted by Crippen LogP contribution is -2.47. The van der Waals surface area contributed by atoms with Gasteiger partial charge in [-0.05, 0) is 30.2 Å². The molecule has 0 spiro atoms. The van der Waals surface area contributed by atoms with E-state index in [1.165, 1.54) is 0 Å². The van der Waals surface area contributed by atoms with Crippen LogP contribution in [0.3, 0.4) is 0 Å². The second-order valence-corrected chi connectivity index (χ2v) is 7.86. The van der Waals surface area contributed by atoms with E-state index in [2.05, 4.69) is 10.6 Å². The lowest BCUT2D eigenvalue weighted by atomic mass is 10.0. The number of rotatable bonds is 5. The normalized spacial score (nSPS) is 14.1. The Morgan fingerprint density at radius 1 is 1.00 bits per heavy atom. The van der Waals surface area contributed by atoms with Gasteiger partial charge in [-0.25, -0.2) is 0 Å². The molecule has 6 nitrogen and oxygen atoms in total. The molecule has 2 aromatic carbocycles. The van der Waals surface area contributed by atoms with Gasteiger partial charge in [0.05, 0.1) is 23.9 Å². The SMILES string of the molecule is CC(C)C(NC(=O)c1ccc(Cl)cc1)C(=O)Nc1cc2c(cc1Cl)OCCCO2. The number of benzene rings is 2. The predicted octanol–water partition coefficient (Wildman–Crippen LogP) is 4.55. The van der Waals surface area contributed by atoms with Crippen LogP contribution in [0.1, 0.15) is 30.6 Å². The van der Waals surface area contributed by atoms with E-state index in [0.717, 1.165) is 6.42 Å². The first-order chi connectivity index (χ1) is 13.8. The molecule has 154 valence electrons. The number of amides is 2. The van der Waals surface area contributed by atoms with Crippen LogP contribution in [0.2, 0.25) is 10.0 Å². The fraction of sp³-hybridized carbons (Fsp3) is 0.333. The van der Waals surface area contributed by atoms with Crippen molar-refractivity contribution in [1.29, 1.82) is 0 Å². The zero-order valence-corrected chi connectivity index (χ0v) is 17.6. The van der Waals surface area contributed by atoms with Crippen molar-refractivity contribution >= 4 is 40.7 Å². The standard InChI is InChI=1S/C21H22Cl2N2O4/c1-12(2)19(25-20(26)13-4-6-14(22)7-5-13)21(27)24-16-11-18-17(10-15(16)23)28-8-3-9-29-18/h4-7,10-12,19H,3,8-9H2,1-2H3,(H,24,27)(H,25,26). The molecular weight excluding hydrogens is 415 g/mol. The summed E-state index contributed by atoms with van der Waals surface area (Å²) in [7, 11) is 0. The number of carbonyl (C=O) groups is 2. The molecule has 1 heterocycles. The van der Waals surface area contributed by atoms with Gasteiger partial charge >= 0.3 is 0 Å². The van der Waals surface area contributed by atoms with E-state index in [9.17, 15) is 9.59 Å². The summed E-state index contributed by atoms with van der Waals surface area (Å²) in [6, 6.07) is 8.96. The Morgan fingerprint density at radius 3 is 2.24 bits per heavy atom. The minimum Gasteiger partial charge on any atom is -0.490 e. The zero-order valence-electron chi connectivity index (χ0n) is 16.1. The maximum atomic E-state index is 12.9. The third-order valence-electron chi connectivity index (χ3n) is 4.44. The highest BCUT2D eigenvalue weighted by atomic mass is 35.5. The molecule has 0 fully saturated rings. The number of carbonyl (C=O) groups excluding carboxylic acids is 2. The van der Waals surface area contributed by atoms with Gasteiger partial charge in [0.25, 0.3) is 5.91 Å². The fourth-order valence-electron chi connectivity index (χ4n) is 2.85. The highest BCUT2D eigenvalue weighted by Gasteiger charge is 2.26. The molecule has 0 saturated carbocycles. The molecule has 2 N–H and O–H groups in total. The van der Waals surface area contributed by atoms with Crippen molar-refractivity contribution in [2.75, 3.05) is 18.5 Å². The molecule has 2 aromatic rings. The molecule has 0 saturated heterocycles. The van der Waals surface area contributed by atoms with Crippen LogP contribution in [0.15, 0.2) is 36.4 Å². The molecule has 0 radical (unpaired) electrons. The van der Waals surface area contributed by atoms with Crippen molar-refractivity contribution in [1.82, 2.24) is 5.32 Å². The minimum atomic E-state index is -0.759. The van der Waals surface area contributed by atoms with Gasteiger partial charge in [0, 0.05) is 29.1 Å². The van der Waals surface area contributed by atoms with Crippen molar-refractivity contribution in [2.24, 2.45) is 5.92 Å². The van der Waals surface area contributed by atoms with Crippen LogP contribution in [0.4, 0.5) is 5.69 Å². The second-order valence-electron chi connectivity index (χ2n) is 7.02. The third-order valence-corrected chi connectivity index (χ3v) is 5.00. The van der Waals surface area contributed by atoms with Gasteiger partial charge < -0.3 is 20.1 Å². The molecule has 0 aliphatic carbocycles. The summed E-state index contributed by atoms with van der Waals surface area (Å²) in [6.45, 7) is 4.76. The first kappa shape index (κ1) is 21.3. The van der Waals surface area contributed by atoms with E-state index in [4.69, 9.17) is 32.7 Å². The summed E-state index contributed by atoms with van der Waals surface area (Å²) in [4.78, 5) is 25.4. The van der Waals surface area contributed by atoms with Gasteiger partial charge in [-0.15, -0.1) is 0 Å². The van der Waals surface area contributed by atoms with E-state index in [1.807, 2.05) is 13.8 Å². The van der Waals surface area contributed by atoms with Crippen LogP contribution < -0.4 is 20.1 Å². The Kier molecular flexibility index (Phi) is 6.87. The van der Waals surface area contributed by atoms with E-state index in [-0.39, 0.29) is 17.7 Å². The number of hydrogen-bond acceptors (Lipinski definition) is 4. The van der Waals surface area contributed by atoms with E-state index >= 15 is 0 Å². The first-order valence-electron chi connectivity index (χ1n) is 9.31. The lowest BCUT2D eigenvalue weighted by molar-refractivity contribution is -0.118. The van der Waals surface area contributed by atoms with Gasteiger partial charge in [0.15, 0.2) is 11.5 Å². The van der Waals surface area contributed by atoms with Crippen molar-refractivity contribution < 1.29 is 19.1 Å². The number of nitrogens with one attached hydrogen (secondary N) is 2. The van der Waals surface area contributed by atoms with E-state index < -0.39 is 6.04 Å². The summed E-state index contributed by atoms with van der Waals surface area (Å²) in [5.74, 6) is 0.180. The topological polar surface area (TPSA) is 76.7 Å². The summed E-state index contributed by atoms with van der Waals surface area (Å²) in [5, 5.41) is 6.42. The van der Waals surface area contributed by atoms with Crippen LogP contribution in [0.25, 0.3) is 0 Å². The lowest BCUT2D eigenvalue weighted by Gasteiger charge is -2.22. The maximum Gasteiger partial charge on any atom is 0.251 e. The molecule has 8 heteroatoms. The van der Waals surface area contributed by atoms with Crippen LogP contribution in [-0.4, -0.2) is 31.1 Å². The number of anilines is 1. The highest BCUT2D eigenvalue weighted by Crippen LogP contribution is 2.37. The van der Waals surface area contributed by atoms with Gasteiger partial charge in [-0.2, -0.15) is 0 Å². The monoisotopic (exact) mass is 436 g/mol. The van der Waals surface area contributed by atoms with Crippen LogP contribution in [0.5, 0.6) is 11.5 Å². The summed E-state index contributed by atoms with van der Waals surface area (Å²) in [6.07, 6.45) is 0.764. The van der Waals surface area contributed by atoms with Gasteiger partial charge in [0.1, 0.15) is 6.04 Å². The van der Waals surface area contributed by atoms with E-state index in [0.29, 0.717) is 46.0 Å². The van der Waals surface area contributed by atoms with Gasteiger partial charge in [-0.3, -0.25) is 9.59 Å². The molecule has 2 amide bonds. The summed E-state index contributed by atoms with van der Waals surface area (Å²) >= 11 is 12.2. The number of ether oxygens (including phenoxy) is 2. The zero-order chi connectivity index (χ0) is 21.0. The summed E-state index contributed by atoms with van der Waals surface area (Å²) < 4.78 is 11.2. The molecule has 3 rings (SSSR count). The Balaban J connectivity index is 1.75. The molecule has 29 heavy (non-hydrogen) atoms. The molecule has 1 unspecified atom stereocenters. The minimum absolute atomic E-state index is 0.148. The Bertz CT molecular complexity index is 900. The van der Waals surface area contributed by atoms with Crippen LogP contribution in [0, 0.1) is 5.92 Å². The average Bonchev–Trinajstić information content (AvgIpc) is 2.91. The average molecular weight is 437 g/mol. The Morgan fingerprint density at radius 2 is 1.62 bits per heavy atom. The van der Waals surface area contributed by atoms with Crippen molar-refractivity contribution in [3.63, 3.8) is 0 Å². The van der Waals surface area contributed by atoms with Crippen LogP contribution >= 0.6 is 23.2 Å². The summed E-state index contributed by atoms with van der Waals surface area (Å²) in [5.41, 5.74) is 0.814. The molecule has 1 aliphatic heterocycles. The second kappa shape index (κ2) is 9.37. The number of halogens is 2. The van der Waals surface area contributed by atoms with E-state index in [1.54, 1.807) is 36.4 Å². The molecule has 1 aliphatic rings. The Hall–Kier alpha value is -2.44. The van der Waals surface area contributed by atoms with Crippen molar-refractivity contribution in [2.45, 2.75) is 26.3 Å².